The van der Waals surface area contributed by atoms with Crippen LogP contribution in [0.4, 0.5) is 5.69 Å². The molecule has 0 radical (unpaired) electrons. The Morgan fingerprint density at radius 2 is 1.81 bits per heavy atom. The van der Waals surface area contributed by atoms with Gasteiger partial charge < -0.3 is 10.3 Å². The molecule has 6 aromatic rings. The first-order chi connectivity index (χ1) is 17.7. The first-order valence-electron chi connectivity index (χ1n) is 11.7. The van der Waals surface area contributed by atoms with E-state index in [0.29, 0.717) is 17.8 Å². The Labute approximate surface area is 206 Å². The molecule has 0 saturated heterocycles. The van der Waals surface area contributed by atoms with E-state index in [2.05, 4.69) is 35.5 Å². The molecule has 0 fully saturated rings. The maximum absolute atomic E-state index is 12.0. The molecule has 36 heavy (non-hydrogen) atoms. The molecule has 1 amide bonds. The number of rotatable bonds is 6. The summed E-state index contributed by atoms with van der Waals surface area (Å²) >= 11 is 0. The average Bonchev–Trinajstić information content (AvgIpc) is 3.53. The largest absolute Gasteiger partial charge is 0.353 e. The minimum Gasteiger partial charge on any atom is -0.353 e. The third kappa shape index (κ3) is 3.96. The minimum absolute atomic E-state index is 0.0311. The number of hydrogen-bond donors (Lipinski definition) is 3. The number of carbonyl (C=O) groups is 1. The van der Waals surface area contributed by atoms with Gasteiger partial charge in [0.05, 0.1) is 34.5 Å². The number of fused-ring (bicyclic) bond motifs is 2. The van der Waals surface area contributed by atoms with Crippen LogP contribution in [0.15, 0.2) is 73.4 Å². The molecule has 3 N–H and O–H groups in total. The summed E-state index contributed by atoms with van der Waals surface area (Å²) < 4.78 is 0. The van der Waals surface area contributed by atoms with Gasteiger partial charge in [0.2, 0.25) is 5.91 Å². The number of pyridine rings is 4. The topological polar surface area (TPSA) is 125 Å². The minimum atomic E-state index is -0.0311. The number of hydrogen-bond acceptors (Lipinski definition) is 6. The van der Waals surface area contributed by atoms with Crippen molar-refractivity contribution >= 4 is 33.5 Å². The summed E-state index contributed by atoms with van der Waals surface area (Å²) in [6.45, 7) is 1.97. The summed E-state index contributed by atoms with van der Waals surface area (Å²) in [6.07, 6.45) is 9.93. The van der Waals surface area contributed by atoms with E-state index in [0.717, 1.165) is 56.6 Å². The summed E-state index contributed by atoms with van der Waals surface area (Å²) in [4.78, 5) is 33.4. The van der Waals surface area contributed by atoms with Crippen molar-refractivity contribution in [3.63, 3.8) is 0 Å². The standard InChI is InChI=1S/C27H22N8O/c1-2-3-24(36)31-18-12-17(14-29-15-18)20-4-5-22-26(33-20)27(35-34-22)23-13-19-21(32-23)8-11-30-25(19)16-6-9-28-10-7-16/h4-15,32H,2-3H2,1H3,(H,31,36)(H,34,35). The van der Waals surface area contributed by atoms with Gasteiger partial charge in [-0.05, 0) is 48.9 Å². The van der Waals surface area contributed by atoms with Gasteiger partial charge in [0, 0.05) is 53.2 Å². The molecule has 6 aromatic heterocycles. The van der Waals surface area contributed by atoms with Crippen molar-refractivity contribution in [3.8, 4) is 33.9 Å². The molecule has 176 valence electrons. The molecule has 0 unspecified atom stereocenters. The SMILES string of the molecule is CCCC(=O)Nc1cncc(-c2ccc3[nH]nc(-c4cc5c(-c6ccncc6)nccc5[nH]4)c3n2)c1. The molecule has 0 aliphatic carbocycles. The van der Waals surface area contributed by atoms with Gasteiger partial charge in [-0.1, -0.05) is 6.92 Å². The van der Waals surface area contributed by atoms with Gasteiger partial charge in [-0.15, -0.1) is 0 Å². The van der Waals surface area contributed by atoms with Crippen LogP contribution in [0.3, 0.4) is 0 Å². The van der Waals surface area contributed by atoms with Crippen molar-refractivity contribution in [3.05, 3.63) is 73.4 Å². The van der Waals surface area contributed by atoms with Crippen molar-refractivity contribution in [2.75, 3.05) is 5.32 Å². The summed E-state index contributed by atoms with van der Waals surface area (Å²) in [5, 5.41) is 11.5. The first-order valence-corrected chi connectivity index (χ1v) is 11.7. The van der Waals surface area contributed by atoms with E-state index >= 15 is 0 Å². The van der Waals surface area contributed by atoms with Crippen molar-refractivity contribution in [1.29, 1.82) is 0 Å². The van der Waals surface area contributed by atoms with Crippen LogP contribution in [0.25, 0.3) is 55.8 Å². The molecule has 0 atom stereocenters. The van der Waals surface area contributed by atoms with E-state index in [1.54, 1.807) is 31.0 Å². The Balaban J connectivity index is 1.40. The van der Waals surface area contributed by atoms with E-state index < -0.39 is 0 Å². The number of carbonyl (C=O) groups excluding carboxylic acids is 1. The number of nitrogens with zero attached hydrogens (tertiary/aromatic N) is 5. The van der Waals surface area contributed by atoms with Crippen LogP contribution in [0.1, 0.15) is 19.8 Å². The fourth-order valence-electron chi connectivity index (χ4n) is 4.27. The Morgan fingerprint density at radius 3 is 2.67 bits per heavy atom. The molecular weight excluding hydrogens is 452 g/mol. The van der Waals surface area contributed by atoms with Gasteiger partial charge in [-0.3, -0.25) is 24.8 Å². The molecule has 0 aliphatic rings. The number of anilines is 1. The molecule has 0 bridgehead atoms. The molecule has 6 rings (SSSR count). The number of H-pyrrole nitrogens is 2. The summed E-state index contributed by atoms with van der Waals surface area (Å²) in [7, 11) is 0. The lowest BCUT2D eigenvalue weighted by atomic mass is 10.1. The van der Waals surface area contributed by atoms with Crippen LogP contribution in [-0.2, 0) is 4.79 Å². The summed E-state index contributed by atoms with van der Waals surface area (Å²) in [5.74, 6) is -0.0311. The van der Waals surface area contributed by atoms with Gasteiger partial charge in [-0.2, -0.15) is 5.10 Å². The van der Waals surface area contributed by atoms with Crippen LogP contribution >= 0.6 is 0 Å². The van der Waals surface area contributed by atoms with Crippen molar-refractivity contribution in [2.24, 2.45) is 0 Å². The third-order valence-corrected chi connectivity index (χ3v) is 5.96. The molecule has 6 heterocycles. The highest BCUT2D eigenvalue weighted by atomic mass is 16.1. The van der Waals surface area contributed by atoms with E-state index in [-0.39, 0.29) is 5.91 Å². The van der Waals surface area contributed by atoms with E-state index in [4.69, 9.17) is 4.98 Å². The predicted octanol–water partition coefficient (Wildman–Crippen LogP) is 5.36. The second kappa shape index (κ2) is 9.03. The predicted molar refractivity (Wildman–Crippen MR) is 139 cm³/mol. The zero-order valence-corrected chi connectivity index (χ0v) is 19.5. The molecule has 0 aliphatic heterocycles. The van der Waals surface area contributed by atoms with E-state index in [9.17, 15) is 4.79 Å². The quantitative estimate of drug-likeness (QED) is 0.298. The molecular formula is C27H22N8O. The van der Waals surface area contributed by atoms with Crippen molar-refractivity contribution in [1.82, 2.24) is 35.1 Å². The molecule has 9 heteroatoms. The van der Waals surface area contributed by atoms with Crippen molar-refractivity contribution < 1.29 is 4.79 Å². The average molecular weight is 475 g/mol. The lowest BCUT2D eigenvalue weighted by molar-refractivity contribution is -0.116. The zero-order chi connectivity index (χ0) is 24.5. The molecule has 0 aromatic carbocycles. The Morgan fingerprint density at radius 1 is 0.917 bits per heavy atom. The van der Waals surface area contributed by atoms with Crippen LogP contribution < -0.4 is 5.32 Å². The number of nitrogens with one attached hydrogen (secondary N) is 3. The second-order valence-corrected chi connectivity index (χ2v) is 8.47. The Bertz CT molecular complexity index is 1700. The van der Waals surface area contributed by atoms with Crippen molar-refractivity contribution in [2.45, 2.75) is 19.8 Å². The second-order valence-electron chi connectivity index (χ2n) is 8.47. The highest BCUT2D eigenvalue weighted by Gasteiger charge is 2.16. The fourth-order valence-corrected chi connectivity index (χ4v) is 4.27. The zero-order valence-electron chi connectivity index (χ0n) is 19.5. The Hall–Kier alpha value is -4.92. The van der Waals surface area contributed by atoms with Gasteiger partial charge in [0.25, 0.3) is 0 Å². The highest BCUT2D eigenvalue weighted by Crippen LogP contribution is 2.33. The number of amides is 1. The molecule has 9 nitrogen and oxygen atoms in total. The van der Waals surface area contributed by atoms with Crippen LogP contribution in [0, 0.1) is 0 Å². The lowest BCUT2D eigenvalue weighted by Crippen LogP contribution is -2.10. The smallest absolute Gasteiger partial charge is 0.224 e. The van der Waals surface area contributed by atoms with E-state index in [1.807, 2.05) is 49.4 Å². The number of aromatic amines is 2. The number of aromatic nitrogens is 7. The van der Waals surface area contributed by atoms with E-state index in [1.165, 1.54) is 0 Å². The van der Waals surface area contributed by atoms with Gasteiger partial charge in [0.15, 0.2) is 0 Å². The summed E-state index contributed by atoms with van der Waals surface area (Å²) in [6, 6.07) is 13.6. The third-order valence-electron chi connectivity index (χ3n) is 5.96. The monoisotopic (exact) mass is 474 g/mol. The molecule has 0 saturated carbocycles. The lowest BCUT2D eigenvalue weighted by Gasteiger charge is -2.06. The first kappa shape index (κ1) is 21.6. The normalized spacial score (nSPS) is 11.2. The van der Waals surface area contributed by atoms with Gasteiger partial charge in [-0.25, -0.2) is 4.98 Å². The molecule has 0 spiro atoms. The van der Waals surface area contributed by atoms with Gasteiger partial charge >= 0.3 is 0 Å². The summed E-state index contributed by atoms with van der Waals surface area (Å²) in [5.41, 5.74) is 8.11. The van der Waals surface area contributed by atoms with Crippen LogP contribution in [0.2, 0.25) is 0 Å². The van der Waals surface area contributed by atoms with Crippen LogP contribution in [0.5, 0.6) is 0 Å². The maximum atomic E-state index is 12.0. The fraction of sp³-hybridized carbons (Fsp3) is 0.111. The van der Waals surface area contributed by atoms with Gasteiger partial charge in [0.1, 0.15) is 11.2 Å². The highest BCUT2D eigenvalue weighted by molar-refractivity contribution is 5.99. The maximum Gasteiger partial charge on any atom is 0.224 e. The van der Waals surface area contributed by atoms with Crippen LogP contribution in [-0.4, -0.2) is 41.0 Å². The Kier molecular flexibility index (Phi) is 5.42.